The Balaban J connectivity index is 1.20. The highest BCUT2D eigenvalue weighted by atomic mass is 16.6. The number of carboxylic acids is 1. The van der Waals surface area contributed by atoms with E-state index in [9.17, 15) is 4.79 Å². The second-order valence-electron chi connectivity index (χ2n) is 9.47. The number of hydrazone groups is 1. The number of nitrogens with zero attached hydrogens (tertiary/aromatic N) is 5. The van der Waals surface area contributed by atoms with Crippen LogP contribution in [0.1, 0.15) is 50.2 Å². The molecule has 180 valence electrons. The van der Waals surface area contributed by atoms with E-state index in [1.54, 1.807) is 0 Å². The minimum absolute atomic E-state index is 0.0728. The van der Waals surface area contributed by atoms with Crippen molar-refractivity contribution in [3.05, 3.63) is 35.4 Å². The molecule has 33 heavy (non-hydrogen) atoms. The lowest BCUT2D eigenvalue weighted by atomic mass is 9.93. The van der Waals surface area contributed by atoms with Crippen LogP contribution in [0.15, 0.2) is 34.5 Å². The molecule has 3 heterocycles. The average molecular weight is 456 g/mol. The molecule has 1 unspecified atom stereocenters. The largest absolute Gasteiger partial charge is 0.481 e. The number of benzene rings is 1. The molecule has 0 spiro atoms. The van der Waals surface area contributed by atoms with Crippen LogP contribution in [0.25, 0.3) is 0 Å². The molecule has 3 aliphatic rings. The van der Waals surface area contributed by atoms with Gasteiger partial charge in [-0.25, -0.2) is 0 Å². The molecule has 0 saturated carbocycles. The minimum atomic E-state index is -0.687. The van der Waals surface area contributed by atoms with Crippen LogP contribution < -0.4 is 0 Å². The van der Waals surface area contributed by atoms with Gasteiger partial charge in [0.25, 0.3) is 0 Å². The molecule has 0 amide bonds. The monoisotopic (exact) mass is 455 g/mol. The number of oxime groups is 1. The Morgan fingerprint density at radius 3 is 2.52 bits per heavy atom. The highest BCUT2D eigenvalue weighted by molar-refractivity contribution is 6.01. The number of likely N-dealkylation sites (tertiary alicyclic amines) is 1. The summed E-state index contributed by atoms with van der Waals surface area (Å²) in [5.74, 6) is -0.379. The van der Waals surface area contributed by atoms with Gasteiger partial charge in [0.1, 0.15) is 6.10 Å². The van der Waals surface area contributed by atoms with Crippen LogP contribution in [0.2, 0.25) is 0 Å². The average Bonchev–Trinajstić information content (AvgIpc) is 3.29. The maximum atomic E-state index is 10.9. The molecule has 1 aromatic rings. The molecule has 2 fully saturated rings. The second kappa shape index (κ2) is 11.6. The van der Waals surface area contributed by atoms with Gasteiger partial charge < -0.3 is 9.94 Å². The van der Waals surface area contributed by atoms with Crippen molar-refractivity contribution in [1.82, 2.24) is 14.8 Å². The van der Waals surface area contributed by atoms with Crippen LogP contribution in [0.4, 0.5) is 0 Å². The van der Waals surface area contributed by atoms with Crippen LogP contribution >= 0.6 is 0 Å². The van der Waals surface area contributed by atoms with Crippen molar-refractivity contribution in [2.45, 2.75) is 45.1 Å². The lowest BCUT2D eigenvalue weighted by Crippen LogP contribution is -2.44. The maximum absolute atomic E-state index is 10.9. The van der Waals surface area contributed by atoms with Crippen molar-refractivity contribution in [2.75, 3.05) is 52.4 Å². The van der Waals surface area contributed by atoms with Crippen LogP contribution in [0, 0.1) is 5.92 Å². The summed E-state index contributed by atoms with van der Waals surface area (Å²) in [5, 5.41) is 20.1. The highest BCUT2D eigenvalue weighted by Crippen LogP contribution is 2.23. The van der Waals surface area contributed by atoms with E-state index in [0.29, 0.717) is 5.92 Å². The topological polar surface area (TPSA) is 81.0 Å². The van der Waals surface area contributed by atoms with Crippen molar-refractivity contribution in [2.24, 2.45) is 16.2 Å². The van der Waals surface area contributed by atoms with Gasteiger partial charge in [-0.3, -0.25) is 19.6 Å². The fraction of sp³-hybridized carbons (Fsp3) is 0.640. The van der Waals surface area contributed by atoms with Crippen molar-refractivity contribution in [1.29, 1.82) is 0 Å². The molecular formula is C25H37N5O3. The number of carbonyl (C=O) groups is 1. The molecule has 0 aromatic heterocycles. The molecule has 3 aliphatic heterocycles. The second-order valence-corrected chi connectivity index (χ2v) is 9.47. The van der Waals surface area contributed by atoms with E-state index in [1.165, 1.54) is 13.0 Å². The third-order valence-electron chi connectivity index (χ3n) is 6.87. The van der Waals surface area contributed by atoms with Crippen LogP contribution in [0.5, 0.6) is 0 Å². The first-order valence-electron chi connectivity index (χ1n) is 12.4. The molecule has 4 rings (SSSR count). The summed E-state index contributed by atoms with van der Waals surface area (Å²) < 4.78 is 0. The smallest absolute Gasteiger partial charge is 0.303 e. The van der Waals surface area contributed by atoms with Crippen LogP contribution in [0.3, 0.4) is 0 Å². The predicted octanol–water partition coefficient (Wildman–Crippen LogP) is 2.73. The van der Waals surface area contributed by atoms with Crippen LogP contribution in [-0.2, 0) is 9.63 Å². The van der Waals surface area contributed by atoms with Crippen molar-refractivity contribution in [3.63, 3.8) is 0 Å². The van der Waals surface area contributed by atoms with Gasteiger partial charge in [0.2, 0.25) is 0 Å². The van der Waals surface area contributed by atoms with Crippen LogP contribution in [-0.4, -0.2) is 96.3 Å². The molecule has 0 radical (unpaired) electrons. The minimum Gasteiger partial charge on any atom is -0.481 e. The zero-order valence-electron chi connectivity index (χ0n) is 19.7. The third kappa shape index (κ3) is 7.01. The standard InChI is InChI=1S/C25H37N5O3/c1-2-9-28-12-14-30(15-13-28)26-18-21-3-5-22(6-4-21)24-17-23(33-27-24)19-29-10-7-20(8-11-29)16-25(31)32/h3-6,18,20,23H,2,7-17,19H2,1H3,(H,31,32). The normalized spacial score (nSPS) is 23.1. The Morgan fingerprint density at radius 2 is 1.85 bits per heavy atom. The number of hydrogen-bond acceptors (Lipinski definition) is 7. The Labute approximate surface area is 196 Å². The van der Waals surface area contributed by atoms with Gasteiger partial charge >= 0.3 is 5.97 Å². The van der Waals surface area contributed by atoms with Gasteiger partial charge in [-0.2, -0.15) is 5.10 Å². The number of carboxylic acid groups (broad SMARTS) is 1. The zero-order valence-corrected chi connectivity index (χ0v) is 19.7. The molecule has 1 atom stereocenters. The lowest BCUT2D eigenvalue weighted by molar-refractivity contribution is -0.138. The Morgan fingerprint density at radius 1 is 1.12 bits per heavy atom. The van der Waals surface area contributed by atoms with Crippen molar-refractivity contribution in [3.8, 4) is 0 Å². The van der Waals surface area contributed by atoms with Gasteiger partial charge in [0, 0.05) is 45.6 Å². The summed E-state index contributed by atoms with van der Waals surface area (Å²) in [7, 11) is 0. The van der Waals surface area contributed by atoms with Crippen molar-refractivity contribution < 1.29 is 14.7 Å². The Kier molecular flexibility index (Phi) is 8.34. The first-order valence-corrected chi connectivity index (χ1v) is 12.4. The molecule has 0 aliphatic carbocycles. The lowest BCUT2D eigenvalue weighted by Gasteiger charge is -2.32. The Bertz CT molecular complexity index is 825. The van der Waals surface area contributed by atoms with E-state index in [0.717, 1.165) is 81.9 Å². The summed E-state index contributed by atoms with van der Waals surface area (Å²) in [6.07, 6.45) is 6.22. The van der Waals surface area contributed by atoms with E-state index >= 15 is 0 Å². The molecular weight excluding hydrogens is 418 g/mol. The molecule has 1 aromatic carbocycles. The summed E-state index contributed by atoms with van der Waals surface area (Å²) in [4.78, 5) is 21.5. The van der Waals surface area contributed by atoms with Gasteiger partial charge in [-0.05, 0) is 55.9 Å². The fourth-order valence-electron chi connectivity index (χ4n) is 4.91. The zero-order chi connectivity index (χ0) is 23.0. The number of aliphatic carboxylic acids is 1. The van der Waals surface area contributed by atoms with E-state index in [4.69, 9.17) is 9.94 Å². The molecule has 0 bridgehead atoms. The van der Waals surface area contributed by atoms with E-state index in [-0.39, 0.29) is 12.5 Å². The summed E-state index contributed by atoms with van der Waals surface area (Å²) in [6.45, 7) is 10.3. The van der Waals surface area contributed by atoms with E-state index < -0.39 is 5.97 Å². The summed E-state index contributed by atoms with van der Waals surface area (Å²) >= 11 is 0. The first-order chi connectivity index (χ1) is 16.1. The Hall–Kier alpha value is -2.45. The first kappa shape index (κ1) is 23.7. The number of piperazine rings is 1. The van der Waals surface area contributed by atoms with Gasteiger partial charge in [0.05, 0.1) is 11.9 Å². The predicted molar refractivity (Wildman–Crippen MR) is 130 cm³/mol. The molecule has 8 nitrogen and oxygen atoms in total. The van der Waals surface area contributed by atoms with E-state index in [1.807, 2.05) is 6.21 Å². The third-order valence-corrected chi connectivity index (χ3v) is 6.87. The van der Waals surface area contributed by atoms with Crippen molar-refractivity contribution >= 4 is 17.9 Å². The number of piperidine rings is 1. The molecule has 1 N–H and O–H groups in total. The van der Waals surface area contributed by atoms with E-state index in [2.05, 4.69) is 56.3 Å². The van der Waals surface area contributed by atoms with Gasteiger partial charge in [0.15, 0.2) is 0 Å². The molecule has 2 saturated heterocycles. The van der Waals surface area contributed by atoms with Gasteiger partial charge in [-0.15, -0.1) is 0 Å². The quantitative estimate of drug-likeness (QED) is 0.577. The summed E-state index contributed by atoms with van der Waals surface area (Å²) in [5.41, 5.74) is 3.19. The maximum Gasteiger partial charge on any atom is 0.303 e. The SMILES string of the molecule is CCCN1CCN(N=Cc2ccc(C3=NOC(CN4CCC(CC(=O)O)CC4)C3)cc2)CC1. The summed E-state index contributed by atoms with van der Waals surface area (Å²) in [6, 6.07) is 8.38. The number of rotatable bonds is 9. The molecule has 8 heteroatoms. The highest BCUT2D eigenvalue weighted by Gasteiger charge is 2.27. The number of hydrogen-bond donors (Lipinski definition) is 1. The fourth-order valence-corrected chi connectivity index (χ4v) is 4.91. The van der Waals surface area contributed by atoms with Gasteiger partial charge in [-0.1, -0.05) is 36.3 Å².